The average Bonchev–Trinajstić information content (AvgIpc) is 2.72. The monoisotopic (exact) mass is 268 g/mol. The lowest BCUT2D eigenvalue weighted by Crippen LogP contribution is -2.28. The average molecular weight is 269 g/mol. The number of fused-ring (bicyclic) bond motifs is 1. The van der Waals surface area contributed by atoms with Crippen LogP contribution in [0.5, 0.6) is 0 Å². The maximum absolute atomic E-state index is 6.20. The third-order valence-electron chi connectivity index (χ3n) is 4.21. The fourth-order valence-electron chi connectivity index (χ4n) is 2.41. The lowest BCUT2D eigenvalue weighted by atomic mass is 9.73. The molecule has 17 heavy (non-hydrogen) atoms. The Balaban J connectivity index is 2.16. The molecule has 1 aromatic carbocycles. The van der Waals surface area contributed by atoms with E-state index in [1.54, 1.807) is 0 Å². The van der Waals surface area contributed by atoms with Gasteiger partial charge in [0.2, 0.25) is 0 Å². The highest BCUT2D eigenvalue weighted by Crippen LogP contribution is 2.47. The summed E-state index contributed by atoms with van der Waals surface area (Å²) >= 11 is 8.20. The predicted molar refractivity (Wildman–Crippen MR) is 78.2 cm³/mol. The summed E-state index contributed by atoms with van der Waals surface area (Å²) in [7, 11) is 0. The smallest absolute Gasteiger partial charge is 0.0280 e. The molecule has 0 aliphatic carbocycles. The van der Waals surface area contributed by atoms with Crippen LogP contribution in [-0.2, 0) is 0 Å². The summed E-state index contributed by atoms with van der Waals surface area (Å²) < 4.78 is 0. The Kier molecular flexibility index (Phi) is 4.10. The molecule has 0 N–H and O–H groups in total. The van der Waals surface area contributed by atoms with Gasteiger partial charge in [-0.15, -0.1) is 23.4 Å². The Morgan fingerprint density at radius 3 is 2.76 bits per heavy atom. The maximum atomic E-state index is 6.20. The van der Waals surface area contributed by atoms with E-state index in [-0.39, 0.29) is 5.41 Å². The fourth-order valence-corrected chi connectivity index (χ4v) is 4.08. The van der Waals surface area contributed by atoms with Crippen molar-refractivity contribution in [2.75, 3.05) is 11.6 Å². The third kappa shape index (κ3) is 2.66. The summed E-state index contributed by atoms with van der Waals surface area (Å²) in [6.07, 6.45) is 1.21. The summed E-state index contributed by atoms with van der Waals surface area (Å²) in [5.74, 6) is 3.30. The van der Waals surface area contributed by atoms with Gasteiger partial charge in [-0.05, 0) is 35.3 Å². The molecule has 0 saturated heterocycles. The van der Waals surface area contributed by atoms with Gasteiger partial charge in [-0.2, -0.15) is 0 Å². The number of alkyl halides is 1. The number of benzene rings is 1. The number of hydrogen-bond donors (Lipinski definition) is 0. The summed E-state index contributed by atoms with van der Waals surface area (Å²) in [4.78, 5) is 1.47. The first-order valence-electron chi connectivity index (χ1n) is 6.34. The first-order valence-corrected chi connectivity index (χ1v) is 7.86. The van der Waals surface area contributed by atoms with E-state index in [4.69, 9.17) is 11.6 Å². The number of rotatable bonds is 4. The van der Waals surface area contributed by atoms with Crippen molar-refractivity contribution >= 4 is 23.4 Å². The second-order valence-corrected chi connectivity index (χ2v) is 7.02. The van der Waals surface area contributed by atoms with E-state index < -0.39 is 0 Å². The molecule has 0 saturated carbocycles. The highest BCUT2D eigenvalue weighted by atomic mass is 35.5. The van der Waals surface area contributed by atoms with Crippen LogP contribution in [0.4, 0.5) is 0 Å². The minimum absolute atomic E-state index is 0.254. The number of halogens is 1. The second-order valence-electron chi connectivity index (χ2n) is 5.69. The van der Waals surface area contributed by atoms with Crippen LogP contribution in [0.15, 0.2) is 29.2 Å². The molecule has 1 aliphatic heterocycles. The first-order chi connectivity index (χ1) is 8.07. The Morgan fingerprint density at radius 1 is 1.41 bits per heavy atom. The molecule has 94 valence electrons. The molecular weight excluding hydrogens is 248 g/mol. The van der Waals surface area contributed by atoms with Crippen molar-refractivity contribution in [1.82, 2.24) is 0 Å². The standard InChI is InChI=1S/C15H21ClS/c1-11(2)15(3,10-16)8-12-9-17-14-7-5-4-6-13(12)14/h4-7,11-12H,8-10H2,1-3H3. The third-order valence-corrected chi connectivity index (χ3v) is 6.07. The van der Waals surface area contributed by atoms with Crippen LogP contribution in [0.3, 0.4) is 0 Å². The fraction of sp³-hybridized carbons (Fsp3) is 0.600. The van der Waals surface area contributed by atoms with Crippen molar-refractivity contribution in [3.63, 3.8) is 0 Å². The van der Waals surface area contributed by atoms with E-state index in [0.717, 1.165) is 5.88 Å². The van der Waals surface area contributed by atoms with Crippen molar-refractivity contribution in [3.05, 3.63) is 29.8 Å². The lowest BCUT2D eigenvalue weighted by molar-refractivity contribution is 0.221. The van der Waals surface area contributed by atoms with E-state index in [2.05, 4.69) is 45.0 Å². The minimum Gasteiger partial charge on any atom is -0.126 e. The topological polar surface area (TPSA) is 0 Å². The largest absolute Gasteiger partial charge is 0.126 e. The van der Waals surface area contributed by atoms with Crippen molar-refractivity contribution in [3.8, 4) is 0 Å². The molecule has 2 heteroatoms. The molecule has 0 fully saturated rings. The molecule has 1 aromatic rings. The van der Waals surface area contributed by atoms with Gasteiger partial charge in [-0.25, -0.2) is 0 Å². The Morgan fingerprint density at radius 2 is 2.12 bits per heavy atom. The van der Waals surface area contributed by atoms with Crippen LogP contribution >= 0.6 is 23.4 Å². The lowest BCUT2D eigenvalue weighted by Gasteiger charge is -2.34. The molecule has 2 unspecified atom stereocenters. The maximum Gasteiger partial charge on any atom is 0.0280 e. The molecule has 0 radical (unpaired) electrons. The first kappa shape index (κ1) is 13.3. The SMILES string of the molecule is CC(C)C(C)(CCl)CC1CSc2ccccc21. The Hall–Kier alpha value is -0.140. The van der Waals surface area contributed by atoms with E-state index in [1.807, 2.05) is 11.8 Å². The van der Waals surface area contributed by atoms with Crippen LogP contribution < -0.4 is 0 Å². The van der Waals surface area contributed by atoms with Crippen LogP contribution in [0, 0.1) is 11.3 Å². The Labute approximate surface area is 114 Å². The zero-order chi connectivity index (χ0) is 12.5. The summed E-state index contributed by atoms with van der Waals surface area (Å²) in [6.45, 7) is 6.91. The summed E-state index contributed by atoms with van der Waals surface area (Å²) in [5.41, 5.74) is 1.79. The second kappa shape index (κ2) is 5.24. The van der Waals surface area contributed by atoms with Crippen molar-refractivity contribution in [2.45, 2.75) is 38.0 Å². The van der Waals surface area contributed by atoms with Gasteiger partial charge in [0, 0.05) is 16.5 Å². The number of hydrogen-bond acceptors (Lipinski definition) is 1. The molecule has 0 nitrogen and oxygen atoms in total. The highest BCUT2D eigenvalue weighted by molar-refractivity contribution is 7.99. The molecular formula is C15H21ClS. The van der Waals surface area contributed by atoms with Crippen LogP contribution in [0.2, 0.25) is 0 Å². The number of thioether (sulfide) groups is 1. The van der Waals surface area contributed by atoms with Crippen LogP contribution in [0.1, 0.15) is 38.7 Å². The van der Waals surface area contributed by atoms with E-state index in [9.17, 15) is 0 Å². The Bertz CT molecular complexity index is 388. The normalized spacial score (nSPS) is 22.5. The molecule has 2 atom stereocenters. The molecule has 1 heterocycles. The van der Waals surface area contributed by atoms with Crippen LogP contribution in [-0.4, -0.2) is 11.6 Å². The van der Waals surface area contributed by atoms with Gasteiger partial charge in [0.1, 0.15) is 0 Å². The molecule has 0 aromatic heterocycles. The molecule has 0 spiro atoms. The van der Waals surface area contributed by atoms with Gasteiger partial charge in [0.25, 0.3) is 0 Å². The molecule has 1 aliphatic rings. The minimum atomic E-state index is 0.254. The van der Waals surface area contributed by atoms with E-state index in [0.29, 0.717) is 11.8 Å². The van der Waals surface area contributed by atoms with Crippen molar-refractivity contribution < 1.29 is 0 Å². The zero-order valence-electron chi connectivity index (χ0n) is 10.9. The van der Waals surface area contributed by atoms with Gasteiger partial charge >= 0.3 is 0 Å². The van der Waals surface area contributed by atoms with Gasteiger partial charge in [0.15, 0.2) is 0 Å². The van der Waals surface area contributed by atoms with E-state index in [1.165, 1.54) is 22.6 Å². The van der Waals surface area contributed by atoms with Gasteiger partial charge in [-0.1, -0.05) is 39.0 Å². The highest BCUT2D eigenvalue weighted by Gasteiger charge is 2.34. The van der Waals surface area contributed by atoms with Crippen molar-refractivity contribution in [1.29, 1.82) is 0 Å². The quantitative estimate of drug-likeness (QED) is 0.679. The van der Waals surface area contributed by atoms with Gasteiger partial charge < -0.3 is 0 Å². The summed E-state index contributed by atoms with van der Waals surface area (Å²) in [6, 6.07) is 8.82. The molecule has 0 bridgehead atoms. The summed E-state index contributed by atoms with van der Waals surface area (Å²) in [5, 5.41) is 0. The molecule has 0 amide bonds. The van der Waals surface area contributed by atoms with Gasteiger partial charge in [-0.3, -0.25) is 0 Å². The van der Waals surface area contributed by atoms with Crippen LogP contribution in [0.25, 0.3) is 0 Å². The predicted octanol–water partition coefficient (Wildman–Crippen LogP) is 5.17. The zero-order valence-corrected chi connectivity index (χ0v) is 12.4. The van der Waals surface area contributed by atoms with Crippen molar-refractivity contribution in [2.24, 2.45) is 11.3 Å². The van der Waals surface area contributed by atoms with E-state index >= 15 is 0 Å². The van der Waals surface area contributed by atoms with Gasteiger partial charge in [0.05, 0.1) is 0 Å². The molecule has 2 rings (SSSR count).